The number of pyridine rings is 1. The second-order valence-electron chi connectivity index (χ2n) is 6.16. The van der Waals surface area contributed by atoms with Gasteiger partial charge in [-0.3, -0.25) is 4.79 Å². The Labute approximate surface area is 114 Å². The van der Waals surface area contributed by atoms with Crippen LogP contribution in [-0.2, 0) is 0 Å². The minimum atomic E-state index is -0.562. The van der Waals surface area contributed by atoms with E-state index in [0.29, 0.717) is 5.69 Å². The first kappa shape index (κ1) is 14.1. The molecule has 0 bridgehead atoms. The molecule has 1 aromatic rings. The lowest BCUT2D eigenvalue weighted by Crippen LogP contribution is -2.35. The second kappa shape index (κ2) is 5.37. The lowest BCUT2D eigenvalue weighted by Gasteiger charge is -2.34. The van der Waals surface area contributed by atoms with Crippen molar-refractivity contribution in [2.24, 2.45) is 0 Å². The number of aliphatic hydroxyl groups is 1. The zero-order valence-electron chi connectivity index (χ0n) is 12.0. The molecule has 0 spiro atoms. The lowest BCUT2D eigenvalue weighted by atomic mass is 9.83. The van der Waals surface area contributed by atoms with Gasteiger partial charge in [0.05, 0.1) is 5.60 Å². The summed E-state index contributed by atoms with van der Waals surface area (Å²) in [5.41, 5.74) is 0.144. The molecular weight excluding hydrogens is 240 g/mol. The highest BCUT2D eigenvalue weighted by Crippen LogP contribution is 2.33. The molecule has 0 radical (unpaired) electrons. The van der Waals surface area contributed by atoms with E-state index in [-0.39, 0.29) is 17.6 Å². The fraction of sp³-hybridized carbons (Fsp3) is 0.667. The van der Waals surface area contributed by atoms with Crippen LogP contribution in [0.2, 0.25) is 0 Å². The second-order valence-corrected chi connectivity index (χ2v) is 6.16. The highest BCUT2D eigenvalue weighted by Gasteiger charge is 2.29. The number of aromatic nitrogens is 1. The Morgan fingerprint density at radius 2 is 2.05 bits per heavy atom. The van der Waals surface area contributed by atoms with Gasteiger partial charge in [-0.1, -0.05) is 0 Å². The van der Waals surface area contributed by atoms with Crippen molar-refractivity contribution in [1.29, 1.82) is 0 Å². The van der Waals surface area contributed by atoms with Crippen molar-refractivity contribution in [3.63, 3.8) is 0 Å². The van der Waals surface area contributed by atoms with Crippen LogP contribution in [0.3, 0.4) is 0 Å². The molecule has 1 saturated carbocycles. The van der Waals surface area contributed by atoms with Crippen LogP contribution in [0.25, 0.3) is 0 Å². The van der Waals surface area contributed by atoms with Crippen LogP contribution in [0.5, 0.6) is 0 Å². The van der Waals surface area contributed by atoms with Crippen LogP contribution in [0.1, 0.15) is 52.5 Å². The Morgan fingerprint density at radius 3 is 2.63 bits per heavy atom. The number of nitrogens with zero attached hydrogens (tertiary/aromatic N) is 1. The van der Waals surface area contributed by atoms with E-state index in [1.807, 2.05) is 43.7 Å². The van der Waals surface area contributed by atoms with E-state index in [1.165, 1.54) is 0 Å². The Morgan fingerprint density at radius 1 is 1.42 bits per heavy atom. The van der Waals surface area contributed by atoms with Gasteiger partial charge in [0.25, 0.3) is 5.56 Å². The Kier molecular flexibility index (Phi) is 3.99. The third-order valence-corrected chi connectivity index (χ3v) is 3.84. The Hall–Kier alpha value is -1.29. The first-order chi connectivity index (χ1) is 8.89. The van der Waals surface area contributed by atoms with Crippen molar-refractivity contribution in [2.75, 3.05) is 5.32 Å². The summed E-state index contributed by atoms with van der Waals surface area (Å²) in [6.45, 7) is 5.92. The monoisotopic (exact) mass is 264 g/mol. The smallest absolute Gasteiger partial charge is 0.274 e. The van der Waals surface area contributed by atoms with Crippen LogP contribution in [-0.4, -0.2) is 21.3 Å². The highest BCUT2D eigenvalue weighted by molar-refractivity contribution is 5.41. The Balaban J connectivity index is 2.19. The maximum absolute atomic E-state index is 12.4. The normalized spacial score (nSPS) is 27.5. The number of hydrogen-bond acceptors (Lipinski definition) is 3. The van der Waals surface area contributed by atoms with Crippen molar-refractivity contribution in [3.8, 4) is 0 Å². The van der Waals surface area contributed by atoms with Gasteiger partial charge in [0.15, 0.2) is 0 Å². The highest BCUT2D eigenvalue weighted by atomic mass is 16.3. The summed E-state index contributed by atoms with van der Waals surface area (Å²) in [6, 6.07) is 4.20. The van der Waals surface area contributed by atoms with Gasteiger partial charge in [0.2, 0.25) is 0 Å². The molecule has 1 aromatic heterocycles. The standard InChI is InChI=1S/C15H24N2O2/c1-11(2)16-13-5-4-10-17(14(13)18)12-6-8-15(3,19)9-7-12/h4-5,10-12,16,19H,6-9H2,1-3H3/t12-,15+. The third kappa shape index (κ3) is 3.38. The first-order valence-electron chi connectivity index (χ1n) is 7.09. The average molecular weight is 264 g/mol. The average Bonchev–Trinajstić information content (AvgIpc) is 2.32. The molecule has 4 nitrogen and oxygen atoms in total. The predicted molar refractivity (Wildman–Crippen MR) is 77.6 cm³/mol. The predicted octanol–water partition coefficient (Wildman–Crippen LogP) is 2.53. The molecule has 1 fully saturated rings. The van der Waals surface area contributed by atoms with Crippen molar-refractivity contribution in [1.82, 2.24) is 4.57 Å². The van der Waals surface area contributed by atoms with Gasteiger partial charge in [0.1, 0.15) is 5.69 Å². The summed E-state index contributed by atoms with van der Waals surface area (Å²) < 4.78 is 1.82. The van der Waals surface area contributed by atoms with Gasteiger partial charge in [-0.15, -0.1) is 0 Å². The minimum Gasteiger partial charge on any atom is -0.390 e. The van der Waals surface area contributed by atoms with Crippen molar-refractivity contribution < 1.29 is 5.11 Å². The van der Waals surface area contributed by atoms with E-state index < -0.39 is 5.60 Å². The van der Waals surface area contributed by atoms with Crippen molar-refractivity contribution >= 4 is 5.69 Å². The molecule has 4 heteroatoms. The van der Waals surface area contributed by atoms with E-state index in [2.05, 4.69) is 5.32 Å². The molecule has 0 amide bonds. The van der Waals surface area contributed by atoms with Gasteiger partial charge in [-0.05, 0) is 58.6 Å². The fourth-order valence-corrected chi connectivity index (χ4v) is 2.72. The number of rotatable bonds is 3. The molecule has 1 aliphatic rings. The summed E-state index contributed by atoms with van der Waals surface area (Å²) in [5, 5.41) is 13.2. The Bertz CT molecular complexity index is 481. The SMILES string of the molecule is CC(C)Nc1cccn([C@H]2CC[C@@](C)(O)CC2)c1=O. The molecule has 1 aliphatic carbocycles. The van der Waals surface area contributed by atoms with Gasteiger partial charge in [-0.25, -0.2) is 0 Å². The molecule has 0 saturated heterocycles. The zero-order chi connectivity index (χ0) is 14.0. The molecule has 2 N–H and O–H groups in total. The fourth-order valence-electron chi connectivity index (χ4n) is 2.72. The van der Waals surface area contributed by atoms with Crippen LogP contribution in [0.4, 0.5) is 5.69 Å². The topological polar surface area (TPSA) is 54.3 Å². The maximum atomic E-state index is 12.4. The van der Waals surface area contributed by atoms with E-state index in [9.17, 15) is 9.90 Å². The van der Waals surface area contributed by atoms with E-state index in [1.54, 1.807) is 0 Å². The summed E-state index contributed by atoms with van der Waals surface area (Å²) >= 11 is 0. The van der Waals surface area contributed by atoms with Crippen molar-refractivity contribution in [2.45, 2.75) is 64.1 Å². The maximum Gasteiger partial charge on any atom is 0.274 e. The number of anilines is 1. The van der Waals surface area contributed by atoms with E-state index >= 15 is 0 Å². The number of nitrogens with one attached hydrogen (secondary N) is 1. The van der Waals surface area contributed by atoms with Crippen LogP contribution >= 0.6 is 0 Å². The summed E-state index contributed by atoms with van der Waals surface area (Å²) in [7, 11) is 0. The van der Waals surface area contributed by atoms with E-state index in [4.69, 9.17) is 0 Å². The minimum absolute atomic E-state index is 0.0442. The first-order valence-corrected chi connectivity index (χ1v) is 7.09. The van der Waals surface area contributed by atoms with Gasteiger partial charge >= 0.3 is 0 Å². The molecule has 106 valence electrons. The summed E-state index contributed by atoms with van der Waals surface area (Å²) in [4.78, 5) is 12.4. The van der Waals surface area contributed by atoms with Gasteiger partial charge < -0.3 is 15.0 Å². The van der Waals surface area contributed by atoms with Crippen molar-refractivity contribution in [3.05, 3.63) is 28.7 Å². The molecule has 19 heavy (non-hydrogen) atoms. The van der Waals surface area contributed by atoms with Crippen LogP contribution < -0.4 is 10.9 Å². The molecule has 0 unspecified atom stereocenters. The molecular formula is C15H24N2O2. The number of hydrogen-bond donors (Lipinski definition) is 2. The molecule has 0 aromatic carbocycles. The molecule has 2 rings (SSSR count). The van der Waals surface area contributed by atoms with Crippen LogP contribution in [0.15, 0.2) is 23.1 Å². The summed E-state index contributed by atoms with van der Waals surface area (Å²) in [5.74, 6) is 0. The van der Waals surface area contributed by atoms with Gasteiger partial charge in [-0.2, -0.15) is 0 Å². The molecule has 0 atom stereocenters. The third-order valence-electron chi connectivity index (χ3n) is 3.84. The summed E-state index contributed by atoms with van der Waals surface area (Å²) in [6.07, 6.45) is 5.09. The lowest BCUT2D eigenvalue weighted by molar-refractivity contribution is 0.00956. The zero-order valence-corrected chi connectivity index (χ0v) is 12.0. The van der Waals surface area contributed by atoms with Gasteiger partial charge in [0, 0.05) is 18.3 Å². The molecule has 1 heterocycles. The largest absolute Gasteiger partial charge is 0.390 e. The van der Waals surface area contributed by atoms with Crippen LogP contribution in [0, 0.1) is 0 Å². The van der Waals surface area contributed by atoms with E-state index in [0.717, 1.165) is 25.7 Å². The quantitative estimate of drug-likeness (QED) is 0.882. The molecule has 0 aliphatic heterocycles.